The van der Waals surface area contributed by atoms with Crippen LogP contribution in [0.3, 0.4) is 0 Å². The van der Waals surface area contributed by atoms with E-state index in [-0.39, 0.29) is 0 Å². The van der Waals surface area contributed by atoms with Gasteiger partial charge in [-0.2, -0.15) is 0 Å². The van der Waals surface area contributed by atoms with Crippen LogP contribution in [0.4, 0.5) is 34.1 Å². The van der Waals surface area contributed by atoms with Gasteiger partial charge < -0.3 is 14.4 Å². The number of hydrogen-bond donors (Lipinski definition) is 0. The minimum atomic E-state index is 1.05. The van der Waals surface area contributed by atoms with Gasteiger partial charge >= 0.3 is 0 Å². The third-order valence-electron chi connectivity index (χ3n) is 14.3. The van der Waals surface area contributed by atoms with Crippen molar-refractivity contribution in [3.63, 3.8) is 0 Å². The highest BCUT2D eigenvalue weighted by Gasteiger charge is 2.22. The Bertz CT molecular complexity index is 4280. The summed E-state index contributed by atoms with van der Waals surface area (Å²) in [6, 6.07) is 100. The molecule has 2 aromatic heterocycles. The smallest absolute Gasteiger partial charge is 0.0547 e. The molecule has 0 atom stereocenters. The summed E-state index contributed by atoms with van der Waals surface area (Å²) in [4.78, 5) is 4.84. The Kier molecular flexibility index (Phi) is 10.0. The second-order valence-corrected chi connectivity index (χ2v) is 19.6. The first-order valence-corrected chi connectivity index (χ1v) is 25.4. The van der Waals surface area contributed by atoms with Crippen LogP contribution in [-0.2, 0) is 0 Å². The van der Waals surface area contributed by atoms with Crippen LogP contribution in [0, 0.1) is 0 Å². The molecule has 0 fully saturated rings. The summed E-state index contributed by atoms with van der Waals surface area (Å²) in [6.45, 7) is 0. The Balaban J connectivity index is 1.02. The minimum Gasteiger partial charge on any atom is -0.310 e. The normalized spacial score (nSPS) is 11.6. The molecule has 0 spiro atoms. The van der Waals surface area contributed by atoms with E-state index in [4.69, 9.17) is 0 Å². The Morgan fingerprint density at radius 2 is 0.806 bits per heavy atom. The Morgan fingerprint density at radius 3 is 1.54 bits per heavy atom. The highest BCUT2D eigenvalue weighted by molar-refractivity contribution is 7.25. The summed E-state index contributed by atoms with van der Waals surface area (Å²) in [5, 5.41) is 9.90. The lowest BCUT2D eigenvalue weighted by Gasteiger charge is -2.30. The molecule has 0 amide bonds. The number of para-hydroxylation sites is 3. The molecule has 0 N–H and O–H groups in total. The van der Waals surface area contributed by atoms with Gasteiger partial charge in [0.25, 0.3) is 0 Å². The van der Waals surface area contributed by atoms with E-state index in [0.29, 0.717) is 0 Å². The third kappa shape index (κ3) is 7.19. The lowest BCUT2D eigenvalue weighted by Crippen LogP contribution is -2.13. The minimum absolute atomic E-state index is 1.05. The predicted molar refractivity (Wildman–Crippen MR) is 309 cm³/mol. The molecular weight excluding hydrogens is 891 g/mol. The molecule has 0 aliphatic rings. The van der Waals surface area contributed by atoms with E-state index in [1.165, 1.54) is 74.6 Å². The standard InChI is InChI=1S/C68H45N3S/c1-4-21-52(22-5-1)69(53-23-6-2-7-24-53)57-39-51(50-33-37-65-62(42-50)63-41-48-18-10-11-19-49(48)43-66(63)71(65)54-25-8-3-9-26-54)40-58(44-57)70(56-36-38-68-64(45-56)61-28-14-15-30-67(61)72-68)55-34-31-47(32-35-55)60-29-16-20-46-17-12-13-27-59(46)60/h1-45H. The number of aromatic nitrogens is 1. The fourth-order valence-electron chi connectivity index (χ4n) is 10.9. The van der Waals surface area contributed by atoms with Crippen LogP contribution in [0.1, 0.15) is 0 Å². The topological polar surface area (TPSA) is 11.4 Å². The second-order valence-electron chi connectivity index (χ2n) is 18.6. The van der Waals surface area contributed by atoms with Crippen LogP contribution in [-0.4, -0.2) is 4.57 Å². The van der Waals surface area contributed by atoms with Crippen LogP contribution in [0.15, 0.2) is 273 Å². The van der Waals surface area contributed by atoms with Gasteiger partial charge in [0.15, 0.2) is 0 Å². The van der Waals surface area contributed by atoms with Crippen molar-refractivity contribution in [1.82, 2.24) is 4.57 Å². The van der Waals surface area contributed by atoms with Crippen molar-refractivity contribution in [2.24, 2.45) is 0 Å². The van der Waals surface area contributed by atoms with Gasteiger partial charge in [0.05, 0.1) is 11.0 Å². The molecule has 2 heterocycles. The number of anilines is 6. The van der Waals surface area contributed by atoms with E-state index >= 15 is 0 Å². The Morgan fingerprint density at radius 1 is 0.264 bits per heavy atom. The molecule has 0 bridgehead atoms. The molecule has 4 heteroatoms. The first kappa shape index (κ1) is 41.7. The van der Waals surface area contributed by atoms with Crippen molar-refractivity contribution in [2.75, 3.05) is 9.80 Å². The van der Waals surface area contributed by atoms with Gasteiger partial charge in [-0.15, -0.1) is 11.3 Å². The maximum Gasteiger partial charge on any atom is 0.0547 e. The zero-order valence-corrected chi connectivity index (χ0v) is 40.0. The van der Waals surface area contributed by atoms with E-state index in [1.54, 1.807) is 0 Å². The molecule has 0 radical (unpaired) electrons. The van der Waals surface area contributed by atoms with Crippen molar-refractivity contribution in [1.29, 1.82) is 0 Å². The average Bonchev–Trinajstić information content (AvgIpc) is 3.98. The summed E-state index contributed by atoms with van der Waals surface area (Å²) in [7, 11) is 0. The van der Waals surface area contributed by atoms with E-state index in [0.717, 1.165) is 50.9 Å². The Hall–Kier alpha value is -9.22. The fraction of sp³-hybridized carbons (Fsp3) is 0. The molecule has 12 aromatic carbocycles. The van der Waals surface area contributed by atoms with Crippen LogP contribution in [0.25, 0.3) is 91.5 Å². The van der Waals surface area contributed by atoms with Crippen molar-refractivity contribution in [3.8, 4) is 27.9 Å². The number of fused-ring (bicyclic) bond motifs is 8. The summed E-state index contributed by atoms with van der Waals surface area (Å²) < 4.78 is 4.98. The molecule has 0 aliphatic carbocycles. The SMILES string of the molecule is c1ccc(N(c2ccccc2)c2cc(-c3ccc4c(c3)c3cc5ccccc5cc3n4-c3ccccc3)cc(N(c3ccc(-c4cccc5ccccc45)cc3)c3ccc4sc5ccccc5c4c3)c2)cc1. The number of thiophene rings is 1. The second kappa shape index (κ2) is 17.3. The highest BCUT2D eigenvalue weighted by atomic mass is 32.1. The zero-order chi connectivity index (χ0) is 47.5. The molecule has 0 saturated heterocycles. The molecule has 0 unspecified atom stereocenters. The zero-order valence-electron chi connectivity index (χ0n) is 39.2. The van der Waals surface area contributed by atoms with Gasteiger partial charge in [-0.1, -0.05) is 158 Å². The number of benzene rings is 12. The average molecular weight is 936 g/mol. The quantitative estimate of drug-likeness (QED) is 0.143. The molecular formula is C68H45N3S. The largest absolute Gasteiger partial charge is 0.310 e. The van der Waals surface area contributed by atoms with Gasteiger partial charge in [0.2, 0.25) is 0 Å². The fourth-order valence-corrected chi connectivity index (χ4v) is 12.0. The van der Waals surface area contributed by atoms with E-state index < -0.39 is 0 Å². The van der Waals surface area contributed by atoms with Crippen molar-refractivity contribution in [2.45, 2.75) is 0 Å². The lowest BCUT2D eigenvalue weighted by molar-refractivity contribution is 1.18. The highest BCUT2D eigenvalue weighted by Crippen LogP contribution is 2.46. The van der Waals surface area contributed by atoms with Gasteiger partial charge in [0, 0.05) is 70.8 Å². The first-order chi connectivity index (χ1) is 35.7. The number of hydrogen-bond acceptors (Lipinski definition) is 3. The summed E-state index contributed by atoms with van der Waals surface area (Å²) in [6.07, 6.45) is 0. The number of nitrogens with zero attached hydrogens (tertiary/aromatic N) is 3. The lowest BCUT2D eigenvalue weighted by atomic mass is 9.97. The van der Waals surface area contributed by atoms with Crippen LogP contribution in [0.5, 0.6) is 0 Å². The summed E-state index contributed by atoms with van der Waals surface area (Å²) >= 11 is 1.85. The van der Waals surface area contributed by atoms with Gasteiger partial charge in [-0.25, -0.2) is 0 Å². The molecule has 14 rings (SSSR count). The van der Waals surface area contributed by atoms with Crippen LogP contribution < -0.4 is 9.80 Å². The molecule has 72 heavy (non-hydrogen) atoms. The van der Waals surface area contributed by atoms with Crippen LogP contribution in [0.2, 0.25) is 0 Å². The molecule has 3 nitrogen and oxygen atoms in total. The van der Waals surface area contributed by atoms with Gasteiger partial charge in [-0.3, -0.25) is 0 Å². The molecule has 14 aromatic rings. The summed E-state index contributed by atoms with van der Waals surface area (Å²) in [5.74, 6) is 0. The maximum absolute atomic E-state index is 2.45. The monoisotopic (exact) mass is 935 g/mol. The van der Waals surface area contributed by atoms with Crippen molar-refractivity contribution >= 4 is 109 Å². The third-order valence-corrected chi connectivity index (χ3v) is 15.4. The molecule has 0 aliphatic heterocycles. The number of rotatable bonds is 9. The van der Waals surface area contributed by atoms with Crippen molar-refractivity contribution in [3.05, 3.63) is 273 Å². The first-order valence-electron chi connectivity index (χ1n) is 24.6. The van der Waals surface area contributed by atoms with Gasteiger partial charge in [-0.05, 0) is 159 Å². The predicted octanol–water partition coefficient (Wildman–Crippen LogP) is 19.7. The van der Waals surface area contributed by atoms with E-state index in [9.17, 15) is 0 Å². The molecule has 338 valence electrons. The van der Waals surface area contributed by atoms with Gasteiger partial charge in [0.1, 0.15) is 0 Å². The van der Waals surface area contributed by atoms with E-state index in [2.05, 4.69) is 287 Å². The van der Waals surface area contributed by atoms with Crippen LogP contribution >= 0.6 is 11.3 Å². The summed E-state index contributed by atoms with van der Waals surface area (Å²) in [5.41, 5.74) is 14.6. The van der Waals surface area contributed by atoms with Crippen molar-refractivity contribution < 1.29 is 0 Å². The van der Waals surface area contributed by atoms with E-state index in [1.807, 2.05) is 11.3 Å². The Labute approximate surface area is 422 Å². The maximum atomic E-state index is 2.45. The molecule has 0 saturated carbocycles.